The van der Waals surface area contributed by atoms with E-state index >= 15 is 0 Å². The van der Waals surface area contributed by atoms with E-state index in [4.69, 9.17) is 11.6 Å². The standard InChI is InChI=1S/C15H10BrClN2OS/c1-19-13-11(16)3-2-4-12(13)21-15(19)18-14(20)9-5-7-10(17)8-6-9/h2-8H,1H3. The third-order valence-corrected chi connectivity index (χ3v) is 5.05. The Hall–Kier alpha value is -1.43. The molecule has 1 heterocycles. The zero-order chi connectivity index (χ0) is 15.0. The van der Waals surface area contributed by atoms with Crippen LogP contribution in [0.4, 0.5) is 0 Å². The van der Waals surface area contributed by atoms with Crippen LogP contribution in [-0.2, 0) is 7.05 Å². The van der Waals surface area contributed by atoms with Crippen molar-refractivity contribution in [2.24, 2.45) is 12.0 Å². The molecule has 1 amide bonds. The molecule has 0 saturated carbocycles. The highest BCUT2D eigenvalue weighted by Gasteiger charge is 2.08. The van der Waals surface area contributed by atoms with Crippen molar-refractivity contribution in [3.05, 3.63) is 62.3 Å². The summed E-state index contributed by atoms with van der Waals surface area (Å²) in [7, 11) is 1.90. The van der Waals surface area contributed by atoms with Crippen LogP contribution in [0.25, 0.3) is 10.2 Å². The zero-order valence-corrected chi connectivity index (χ0v) is 14.2. The second kappa shape index (κ2) is 5.75. The Morgan fingerprint density at radius 2 is 1.95 bits per heavy atom. The lowest BCUT2D eigenvalue weighted by atomic mass is 10.2. The van der Waals surface area contributed by atoms with Gasteiger partial charge in [0.25, 0.3) is 5.91 Å². The number of thiazole rings is 1. The van der Waals surface area contributed by atoms with Crippen LogP contribution in [0.2, 0.25) is 5.02 Å². The van der Waals surface area contributed by atoms with E-state index in [9.17, 15) is 4.79 Å². The number of para-hydroxylation sites is 1. The van der Waals surface area contributed by atoms with E-state index in [1.165, 1.54) is 11.3 Å². The molecular formula is C15H10BrClN2OS. The maximum atomic E-state index is 12.2. The quantitative estimate of drug-likeness (QED) is 0.615. The number of carbonyl (C=O) groups is 1. The third-order valence-electron chi connectivity index (χ3n) is 3.06. The van der Waals surface area contributed by atoms with Crippen LogP contribution in [0.15, 0.2) is 51.9 Å². The molecule has 3 rings (SSSR count). The van der Waals surface area contributed by atoms with Crippen molar-refractivity contribution in [1.82, 2.24) is 4.57 Å². The zero-order valence-electron chi connectivity index (χ0n) is 11.0. The monoisotopic (exact) mass is 380 g/mol. The van der Waals surface area contributed by atoms with E-state index in [0.29, 0.717) is 15.4 Å². The highest BCUT2D eigenvalue weighted by atomic mass is 79.9. The molecule has 0 aliphatic heterocycles. The molecule has 3 aromatic rings. The van der Waals surface area contributed by atoms with Crippen molar-refractivity contribution in [1.29, 1.82) is 0 Å². The van der Waals surface area contributed by atoms with E-state index in [2.05, 4.69) is 20.9 Å². The van der Waals surface area contributed by atoms with Gasteiger partial charge in [0.05, 0.1) is 10.2 Å². The first-order valence-corrected chi connectivity index (χ1v) is 8.13. The van der Waals surface area contributed by atoms with Gasteiger partial charge >= 0.3 is 0 Å². The number of halogens is 2. The molecule has 6 heteroatoms. The first-order valence-electron chi connectivity index (χ1n) is 6.15. The average Bonchev–Trinajstić information content (AvgIpc) is 2.77. The summed E-state index contributed by atoms with van der Waals surface area (Å²) in [6.07, 6.45) is 0. The second-order valence-electron chi connectivity index (χ2n) is 4.45. The molecule has 0 atom stereocenters. The summed E-state index contributed by atoms with van der Waals surface area (Å²) in [5.74, 6) is -0.273. The van der Waals surface area contributed by atoms with Gasteiger partial charge in [0.15, 0.2) is 4.80 Å². The number of rotatable bonds is 1. The van der Waals surface area contributed by atoms with Crippen LogP contribution in [0.5, 0.6) is 0 Å². The van der Waals surface area contributed by atoms with Crippen LogP contribution in [0, 0.1) is 0 Å². The lowest BCUT2D eigenvalue weighted by Gasteiger charge is -1.98. The highest BCUT2D eigenvalue weighted by Crippen LogP contribution is 2.24. The SMILES string of the molecule is Cn1c(=NC(=O)c2ccc(Cl)cc2)sc2cccc(Br)c21. The van der Waals surface area contributed by atoms with E-state index in [-0.39, 0.29) is 5.91 Å². The van der Waals surface area contributed by atoms with Crippen molar-refractivity contribution in [2.45, 2.75) is 0 Å². The topological polar surface area (TPSA) is 34.4 Å². The van der Waals surface area contributed by atoms with E-state index in [1.807, 2.05) is 29.8 Å². The van der Waals surface area contributed by atoms with Gasteiger partial charge in [0.2, 0.25) is 0 Å². The van der Waals surface area contributed by atoms with Crippen molar-refractivity contribution in [3.63, 3.8) is 0 Å². The van der Waals surface area contributed by atoms with Crippen molar-refractivity contribution < 1.29 is 4.79 Å². The Morgan fingerprint density at radius 1 is 1.24 bits per heavy atom. The molecule has 0 aliphatic carbocycles. The van der Waals surface area contributed by atoms with Gasteiger partial charge in [0.1, 0.15) is 0 Å². The predicted molar refractivity (Wildman–Crippen MR) is 89.8 cm³/mol. The number of aromatic nitrogens is 1. The first kappa shape index (κ1) is 14.5. The first-order chi connectivity index (χ1) is 10.1. The molecule has 1 aromatic heterocycles. The Morgan fingerprint density at radius 3 is 2.62 bits per heavy atom. The van der Waals surface area contributed by atoms with E-state index in [1.54, 1.807) is 24.3 Å². The molecule has 0 bridgehead atoms. The van der Waals surface area contributed by atoms with Gasteiger partial charge in [-0.05, 0) is 52.3 Å². The fraction of sp³-hybridized carbons (Fsp3) is 0.0667. The molecule has 0 aliphatic rings. The van der Waals surface area contributed by atoms with E-state index in [0.717, 1.165) is 14.7 Å². The Balaban J connectivity index is 2.11. The largest absolute Gasteiger partial charge is 0.318 e. The van der Waals surface area contributed by atoms with Gasteiger partial charge < -0.3 is 4.57 Å². The summed E-state index contributed by atoms with van der Waals surface area (Å²) < 4.78 is 3.98. The van der Waals surface area contributed by atoms with Gasteiger partial charge in [-0.1, -0.05) is 29.0 Å². The second-order valence-corrected chi connectivity index (χ2v) is 6.75. The average molecular weight is 382 g/mol. The molecule has 3 nitrogen and oxygen atoms in total. The van der Waals surface area contributed by atoms with Crippen molar-refractivity contribution >= 4 is 55.0 Å². The fourth-order valence-electron chi connectivity index (χ4n) is 2.01. The lowest BCUT2D eigenvalue weighted by Crippen LogP contribution is -2.13. The van der Waals surface area contributed by atoms with Crippen LogP contribution >= 0.6 is 38.9 Å². The maximum absolute atomic E-state index is 12.2. The third kappa shape index (κ3) is 2.81. The van der Waals surface area contributed by atoms with Gasteiger partial charge in [-0.2, -0.15) is 4.99 Å². The summed E-state index contributed by atoms with van der Waals surface area (Å²) in [6, 6.07) is 12.7. The number of hydrogen-bond acceptors (Lipinski definition) is 2. The molecule has 0 N–H and O–H groups in total. The molecule has 0 spiro atoms. The normalized spacial score (nSPS) is 12.0. The van der Waals surface area contributed by atoms with Crippen LogP contribution in [0.1, 0.15) is 10.4 Å². The van der Waals surface area contributed by atoms with Crippen LogP contribution in [0.3, 0.4) is 0 Å². The van der Waals surface area contributed by atoms with Crippen molar-refractivity contribution in [2.75, 3.05) is 0 Å². The molecular weight excluding hydrogens is 372 g/mol. The van der Waals surface area contributed by atoms with E-state index < -0.39 is 0 Å². The van der Waals surface area contributed by atoms with Crippen molar-refractivity contribution in [3.8, 4) is 0 Å². The molecule has 0 radical (unpaired) electrons. The number of fused-ring (bicyclic) bond motifs is 1. The smallest absolute Gasteiger partial charge is 0.279 e. The molecule has 106 valence electrons. The number of hydrogen-bond donors (Lipinski definition) is 0. The number of nitrogens with zero attached hydrogens (tertiary/aromatic N) is 2. The molecule has 0 unspecified atom stereocenters. The number of benzene rings is 2. The highest BCUT2D eigenvalue weighted by molar-refractivity contribution is 9.10. The molecule has 2 aromatic carbocycles. The molecule has 21 heavy (non-hydrogen) atoms. The fourth-order valence-corrected chi connectivity index (χ4v) is 3.94. The maximum Gasteiger partial charge on any atom is 0.279 e. The lowest BCUT2D eigenvalue weighted by molar-refractivity contribution is 0.0998. The predicted octanol–water partition coefficient (Wildman–Crippen LogP) is 4.40. The Bertz CT molecular complexity index is 896. The number of amides is 1. The Kier molecular flexibility index (Phi) is 3.97. The van der Waals surface area contributed by atoms with Gasteiger partial charge in [0, 0.05) is 22.1 Å². The summed E-state index contributed by atoms with van der Waals surface area (Å²) in [4.78, 5) is 17.1. The summed E-state index contributed by atoms with van der Waals surface area (Å²) in [6.45, 7) is 0. The number of carbonyl (C=O) groups excluding carboxylic acids is 1. The minimum absolute atomic E-state index is 0.273. The minimum atomic E-state index is -0.273. The molecule has 0 saturated heterocycles. The van der Waals surface area contributed by atoms with Gasteiger partial charge in [-0.25, -0.2) is 0 Å². The number of aryl methyl sites for hydroxylation is 1. The minimum Gasteiger partial charge on any atom is -0.318 e. The Labute approximate surface area is 138 Å². The van der Waals surface area contributed by atoms with Gasteiger partial charge in [-0.3, -0.25) is 4.79 Å². The molecule has 0 fully saturated rings. The van der Waals surface area contributed by atoms with Gasteiger partial charge in [-0.15, -0.1) is 0 Å². The summed E-state index contributed by atoms with van der Waals surface area (Å²) in [5, 5.41) is 0.600. The summed E-state index contributed by atoms with van der Waals surface area (Å²) >= 11 is 10.8. The van der Waals surface area contributed by atoms with Crippen LogP contribution < -0.4 is 4.80 Å². The van der Waals surface area contributed by atoms with Crippen LogP contribution in [-0.4, -0.2) is 10.5 Å². The summed E-state index contributed by atoms with van der Waals surface area (Å²) in [5.41, 5.74) is 1.56.